The van der Waals surface area contributed by atoms with Crippen molar-refractivity contribution in [3.05, 3.63) is 22.6 Å². The quantitative estimate of drug-likeness (QED) is 0.645. The molecule has 17 heavy (non-hydrogen) atoms. The van der Waals surface area contributed by atoms with Crippen molar-refractivity contribution in [2.24, 2.45) is 0 Å². The summed E-state index contributed by atoms with van der Waals surface area (Å²) in [6.07, 6.45) is 0.850. The molecule has 1 heterocycles. The van der Waals surface area contributed by atoms with Crippen molar-refractivity contribution >= 4 is 27.8 Å². The van der Waals surface area contributed by atoms with Crippen LogP contribution in [0.2, 0.25) is 0 Å². The lowest BCUT2D eigenvalue weighted by Crippen LogP contribution is -2.24. The fourth-order valence-corrected chi connectivity index (χ4v) is 1.50. The van der Waals surface area contributed by atoms with E-state index in [2.05, 4.69) is 21.2 Å². The molecule has 1 amide bonds. The number of nitrogens with one attached hydrogen (secondary N) is 1. The molecule has 0 radical (unpaired) electrons. The van der Waals surface area contributed by atoms with Crippen LogP contribution in [-0.4, -0.2) is 25.0 Å². The van der Waals surface area contributed by atoms with Crippen LogP contribution in [-0.2, 0) is 9.53 Å². The Bertz CT molecular complexity index is 389. The largest absolute Gasteiger partial charge is 0.466 e. The average molecular weight is 304 g/mol. The normalized spacial score (nSPS) is 10.0. The minimum atomic E-state index is -0.292. The molecule has 6 heteroatoms. The van der Waals surface area contributed by atoms with Gasteiger partial charge in [-0.05, 0) is 41.4 Å². The van der Waals surface area contributed by atoms with E-state index in [9.17, 15) is 9.59 Å². The van der Waals surface area contributed by atoms with Crippen LogP contribution >= 0.6 is 15.9 Å². The molecule has 0 saturated carbocycles. The number of carbonyl (C=O) groups is 2. The zero-order valence-electron chi connectivity index (χ0n) is 9.49. The molecule has 0 atom stereocenters. The van der Waals surface area contributed by atoms with E-state index in [1.807, 2.05) is 0 Å². The topological polar surface area (TPSA) is 68.5 Å². The number of hydrogen-bond donors (Lipinski definition) is 1. The number of ether oxygens (including phenoxy) is 1. The molecule has 0 aliphatic carbocycles. The fourth-order valence-electron chi connectivity index (χ4n) is 1.19. The molecule has 1 aromatic heterocycles. The third kappa shape index (κ3) is 5.04. The van der Waals surface area contributed by atoms with E-state index in [1.165, 1.54) is 0 Å². The minimum Gasteiger partial charge on any atom is -0.466 e. The summed E-state index contributed by atoms with van der Waals surface area (Å²) in [5, 5.41) is 2.65. The summed E-state index contributed by atoms with van der Waals surface area (Å²) >= 11 is 3.11. The van der Waals surface area contributed by atoms with Crippen molar-refractivity contribution in [2.45, 2.75) is 19.8 Å². The maximum atomic E-state index is 11.5. The molecule has 0 spiro atoms. The highest BCUT2D eigenvalue weighted by Crippen LogP contribution is 2.13. The van der Waals surface area contributed by atoms with E-state index in [4.69, 9.17) is 9.15 Å². The monoisotopic (exact) mass is 303 g/mol. The lowest BCUT2D eigenvalue weighted by atomic mass is 10.3. The van der Waals surface area contributed by atoms with Gasteiger partial charge in [0.25, 0.3) is 5.91 Å². The second kappa shape index (κ2) is 7.11. The highest BCUT2D eigenvalue weighted by Gasteiger charge is 2.09. The van der Waals surface area contributed by atoms with Gasteiger partial charge in [-0.1, -0.05) is 0 Å². The van der Waals surface area contributed by atoms with Gasteiger partial charge in [0, 0.05) is 13.0 Å². The summed E-state index contributed by atoms with van der Waals surface area (Å²) < 4.78 is 10.3. The van der Waals surface area contributed by atoms with E-state index in [-0.39, 0.29) is 17.6 Å². The molecular weight excluding hydrogens is 290 g/mol. The number of esters is 1. The SMILES string of the molecule is CCOC(=O)CCCNC(=O)c1ccc(Br)o1. The van der Waals surface area contributed by atoms with E-state index in [1.54, 1.807) is 19.1 Å². The van der Waals surface area contributed by atoms with Crippen LogP contribution < -0.4 is 5.32 Å². The van der Waals surface area contributed by atoms with Crippen molar-refractivity contribution < 1.29 is 18.7 Å². The van der Waals surface area contributed by atoms with E-state index < -0.39 is 0 Å². The molecule has 1 N–H and O–H groups in total. The predicted octanol–water partition coefficient (Wildman–Crippen LogP) is 2.12. The Kier molecular flexibility index (Phi) is 5.76. The Hall–Kier alpha value is -1.30. The Labute approximate surface area is 108 Å². The fraction of sp³-hybridized carbons (Fsp3) is 0.455. The van der Waals surface area contributed by atoms with E-state index in [0.717, 1.165) is 0 Å². The molecule has 0 aliphatic rings. The van der Waals surface area contributed by atoms with Gasteiger partial charge < -0.3 is 14.5 Å². The van der Waals surface area contributed by atoms with Crippen LogP contribution in [0.4, 0.5) is 0 Å². The smallest absolute Gasteiger partial charge is 0.305 e. The number of halogens is 1. The number of furan rings is 1. The van der Waals surface area contributed by atoms with Crippen molar-refractivity contribution in [2.75, 3.05) is 13.2 Å². The number of carbonyl (C=O) groups excluding carboxylic acids is 2. The molecule has 1 aromatic rings. The maximum Gasteiger partial charge on any atom is 0.305 e. The predicted molar refractivity (Wildman–Crippen MR) is 64.6 cm³/mol. The molecular formula is C11H14BrNO4. The van der Waals surface area contributed by atoms with Gasteiger partial charge in [0.15, 0.2) is 10.4 Å². The van der Waals surface area contributed by atoms with Gasteiger partial charge >= 0.3 is 5.97 Å². The average Bonchev–Trinajstić information content (AvgIpc) is 2.71. The molecule has 0 aliphatic heterocycles. The lowest BCUT2D eigenvalue weighted by molar-refractivity contribution is -0.143. The van der Waals surface area contributed by atoms with Crippen LogP contribution in [0.3, 0.4) is 0 Å². The standard InChI is InChI=1S/C11H14BrNO4/c1-2-16-10(14)4-3-7-13-11(15)8-5-6-9(12)17-8/h5-6H,2-4,7H2,1H3,(H,13,15). The Morgan fingerprint density at radius 2 is 2.24 bits per heavy atom. The van der Waals surface area contributed by atoms with Crippen molar-refractivity contribution in [1.82, 2.24) is 5.32 Å². The summed E-state index contributed by atoms with van der Waals surface area (Å²) in [6.45, 7) is 2.55. The molecule has 0 bridgehead atoms. The highest BCUT2D eigenvalue weighted by molar-refractivity contribution is 9.10. The van der Waals surface area contributed by atoms with Crippen LogP contribution in [0.5, 0.6) is 0 Å². The third-order valence-corrected chi connectivity index (χ3v) is 2.37. The minimum absolute atomic E-state index is 0.244. The van der Waals surface area contributed by atoms with E-state index >= 15 is 0 Å². The second-order valence-electron chi connectivity index (χ2n) is 3.27. The van der Waals surface area contributed by atoms with Crippen LogP contribution in [0, 0.1) is 0 Å². The number of hydrogen-bond acceptors (Lipinski definition) is 4. The Balaban J connectivity index is 2.19. The van der Waals surface area contributed by atoms with Gasteiger partial charge in [0.2, 0.25) is 0 Å². The Morgan fingerprint density at radius 3 is 2.82 bits per heavy atom. The summed E-state index contributed by atoms with van der Waals surface area (Å²) in [5.74, 6) is -0.296. The maximum absolute atomic E-state index is 11.5. The van der Waals surface area contributed by atoms with Crippen LogP contribution in [0.1, 0.15) is 30.3 Å². The van der Waals surface area contributed by atoms with Crippen molar-refractivity contribution in [3.8, 4) is 0 Å². The lowest BCUT2D eigenvalue weighted by Gasteiger charge is -2.03. The first-order chi connectivity index (χ1) is 8.13. The number of amides is 1. The van der Waals surface area contributed by atoms with Gasteiger partial charge in [-0.3, -0.25) is 9.59 Å². The van der Waals surface area contributed by atoms with E-state index in [0.29, 0.717) is 30.7 Å². The summed E-state index contributed by atoms with van der Waals surface area (Å²) in [4.78, 5) is 22.5. The first-order valence-corrected chi connectivity index (χ1v) is 6.12. The van der Waals surface area contributed by atoms with Gasteiger partial charge in [0.05, 0.1) is 6.61 Å². The molecule has 1 rings (SSSR count). The molecule has 94 valence electrons. The van der Waals surface area contributed by atoms with Crippen LogP contribution in [0.15, 0.2) is 21.2 Å². The zero-order valence-corrected chi connectivity index (χ0v) is 11.1. The van der Waals surface area contributed by atoms with Gasteiger partial charge in [0.1, 0.15) is 0 Å². The van der Waals surface area contributed by atoms with Gasteiger partial charge in [-0.15, -0.1) is 0 Å². The molecule has 5 nitrogen and oxygen atoms in total. The molecule has 0 fully saturated rings. The third-order valence-electron chi connectivity index (χ3n) is 1.95. The zero-order chi connectivity index (χ0) is 12.7. The summed E-state index contributed by atoms with van der Waals surface area (Å²) in [5.41, 5.74) is 0. The first-order valence-electron chi connectivity index (χ1n) is 5.32. The van der Waals surface area contributed by atoms with Crippen LogP contribution in [0.25, 0.3) is 0 Å². The molecule has 0 unspecified atom stereocenters. The summed E-state index contributed by atoms with van der Waals surface area (Å²) in [6, 6.07) is 3.22. The molecule has 0 saturated heterocycles. The van der Waals surface area contributed by atoms with Crippen molar-refractivity contribution in [3.63, 3.8) is 0 Å². The van der Waals surface area contributed by atoms with Gasteiger partial charge in [-0.25, -0.2) is 0 Å². The number of rotatable bonds is 6. The second-order valence-corrected chi connectivity index (χ2v) is 4.05. The Morgan fingerprint density at radius 1 is 1.47 bits per heavy atom. The first kappa shape index (κ1) is 13.8. The summed E-state index contributed by atoms with van der Waals surface area (Å²) in [7, 11) is 0. The molecule has 0 aromatic carbocycles. The van der Waals surface area contributed by atoms with Gasteiger partial charge in [-0.2, -0.15) is 0 Å². The highest BCUT2D eigenvalue weighted by atomic mass is 79.9. The van der Waals surface area contributed by atoms with Crippen molar-refractivity contribution in [1.29, 1.82) is 0 Å².